The molecule has 0 unspecified atom stereocenters. The Labute approximate surface area is 147 Å². The van der Waals surface area contributed by atoms with Crippen LogP contribution in [0.15, 0.2) is 72.8 Å². The molecule has 0 radical (unpaired) electrons. The van der Waals surface area contributed by atoms with Crippen molar-refractivity contribution in [2.45, 2.75) is 31.9 Å². The molecule has 0 fully saturated rings. The van der Waals surface area contributed by atoms with E-state index in [9.17, 15) is 0 Å². The van der Waals surface area contributed by atoms with Crippen molar-refractivity contribution in [3.63, 3.8) is 0 Å². The van der Waals surface area contributed by atoms with E-state index >= 15 is 0 Å². The molecule has 0 aliphatic carbocycles. The molecule has 0 saturated carbocycles. The van der Waals surface area contributed by atoms with Crippen molar-refractivity contribution in [3.8, 4) is 0 Å². The fourth-order valence-corrected chi connectivity index (χ4v) is 8.60. The zero-order chi connectivity index (χ0) is 15.5. The van der Waals surface area contributed by atoms with Crippen LogP contribution in [0.25, 0.3) is 0 Å². The van der Waals surface area contributed by atoms with E-state index in [4.69, 9.17) is 0 Å². The summed E-state index contributed by atoms with van der Waals surface area (Å²) >= 11 is 0. The summed E-state index contributed by atoms with van der Waals surface area (Å²) in [4.78, 5) is 0. The zero-order valence-corrected chi connectivity index (χ0v) is 15.6. The Morgan fingerprint density at radius 3 is 1.55 bits per heavy atom. The maximum Gasteiger partial charge on any atom is 1.00 e. The van der Waals surface area contributed by atoms with Gasteiger partial charge in [0.2, 0.25) is 0 Å². The Bertz CT molecular complexity index is 557. The van der Waals surface area contributed by atoms with E-state index in [1.54, 1.807) is 0 Å². The van der Waals surface area contributed by atoms with Crippen LogP contribution in [0.4, 0.5) is 0 Å². The molecule has 0 atom stereocenters. The van der Waals surface area contributed by atoms with Crippen LogP contribution in [0, 0.1) is 6.92 Å². The summed E-state index contributed by atoms with van der Waals surface area (Å²) in [5, 5.41) is 3.12. The van der Waals surface area contributed by atoms with Gasteiger partial charge in [0, 0.05) is 0 Å². The van der Waals surface area contributed by atoms with Gasteiger partial charge >= 0.3 is 17.1 Å². The summed E-state index contributed by atoms with van der Waals surface area (Å²) in [7, 11) is -1.97. The molecule has 2 aromatic carbocycles. The third kappa shape index (κ3) is 3.57. The van der Waals surface area contributed by atoms with Crippen molar-refractivity contribution >= 4 is 18.4 Å². The summed E-state index contributed by atoms with van der Waals surface area (Å²) in [5.41, 5.74) is 1.03. The second-order valence-electron chi connectivity index (χ2n) is 6.81. The van der Waals surface area contributed by atoms with Crippen molar-refractivity contribution in [1.29, 1.82) is 0 Å². The molecule has 2 aromatic rings. The number of benzene rings is 2. The predicted octanol–water partition coefficient (Wildman–Crippen LogP) is 4.44. The third-order valence-corrected chi connectivity index (χ3v) is 10.6. The molecular weight excluding hydrogens is 332 g/mol. The first kappa shape index (κ1) is 18.8. The largest absolute Gasteiger partial charge is 1.00 e. The van der Waals surface area contributed by atoms with Crippen LogP contribution in [0.3, 0.4) is 0 Å². The quantitative estimate of drug-likeness (QED) is 0.561. The van der Waals surface area contributed by atoms with Crippen LogP contribution in [0.2, 0.25) is 11.1 Å². The van der Waals surface area contributed by atoms with Crippen LogP contribution >= 0.6 is 0 Å². The summed E-state index contributed by atoms with van der Waals surface area (Å²) < 4.78 is 0. The molecule has 0 aromatic heterocycles. The normalized spacial score (nSPS) is 11.6. The van der Waals surface area contributed by atoms with Crippen molar-refractivity contribution in [1.82, 2.24) is 0 Å². The summed E-state index contributed by atoms with van der Waals surface area (Å²) in [6.45, 7) is 15.3. The Morgan fingerprint density at radius 2 is 1.27 bits per heavy atom. The van der Waals surface area contributed by atoms with Crippen LogP contribution in [0.1, 0.15) is 20.8 Å². The fourth-order valence-electron chi connectivity index (χ4n) is 3.32. The summed E-state index contributed by atoms with van der Waals surface area (Å²) in [6.07, 6.45) is 0. The van der Waals surface area contributed by atoms with Gasteiger partial charge in [-0.15, -0.1) is 0 Å². The minimum atomic E-state index is -1.97. The van der Waals surface area contributed by atoms with E-state index in [1.807, 2.05) is 0 Å². The van der Waals surface area contributed by atoms with Crippen LogP contribution in [-0.2, 0) is 17.1 Å². The van der Waals surface area contributed by atoms with E-state index < -0.39 is 8.07 Å². The standard InChI is InChI=1S/C20H25Si.Cu/c1-17(2)16-21(20(3,4)5,18-12-8-6-9-13-18)19-14-10-7-11-15-19;/h6-15H,1-2,16H2,3-5H3;/q-1;+1. The van der Waals surface area contributed by atoms with E-state index in [0.717, 1.165) is 11.6 Å². The van der Waals surface area contributed by atoms with Gasteiger partial charge in [-0.25, -0.2) is 19.1 Å². The summed E-state index contributed by atoms with van der Waals surface area (Å²) in [6, 6.07) is 22.9. The second kappa shape index (κ2) is 7.37. The Kier molecular flexibility index (Phi) is 6.31. The number of allylic oxidation sites excluding steroid dienone is 1. The molecule has 0 saturated heterocycles. The molecule has 0 heterocycles. The Hall–Kier alpha value is -1.21. The molecule has 0 bridgehead atoms. The van der Waals surface area contributed by atoms with E-state index in [-0.39, 0.29) is 22.1 Å². The van der Waals surface area contributed by atoms with Gasteiger partial charge in [-0.3, -0.25) is 0 Å². The van der Waals surface area contributed by atoms with Gasteiger partial charge in [-0.2, -0.15) is 0 Å². The molecule has 0 amide bonds. The fraction of sp³-hybridized carbons (Fsp3) is 0.250. The van der Waals surface area contributed by atoms with Gasteiger partial charge in [0.05, 0.1) is 0 Å². The first-order valence-corrected chi connectivity index (χ1v) is 9.69. The van der Waals surface area contributed by atoms with Gasteiger partial charge in [0.25, 0.3) is 0 Å². The van der Waals surface area contributed by atoms with Gasteiger partial charge in [0.1, 0.15) is 8.07 Å². The predicted molar refractivity (Wildman–Crippen MR) is 96.9 cm³/mol. The van der Waals surface area contributed by atoms with Crippen molar-refractivity contribution in [3.05, 3.63) is 79.7 Å². The SMILES string of the molecule is C=C([CH2-])C[Si](c1ccccc1)(c1ccccc1)C(C)(C)C.[Cu+]. The smallest absolute Gasteiger partial charge is 0.242 e. The van der Waals surface area contributed by atoms with E-state index in [1.165, 1.54) is 10.4 Å². The van der Waals surface area contributed by atoms with Crippen LogP contribution in [0.5, 0.6) is 0 Å². The molecule has 2 rings (SSSR count). The molecule has 0 aliphatic rings. The molecular formula is C20H25CuSi. The first-order chi connectivity index (χ1) is 9.88. The number of hydrogen-bond acceptors (Lipinski definition) is 0. The second-order valence-corrected chi connectivity index (χ2v) is 11.6. The molecule has 0 spiro atoms. The average Bonchev–Trinajstić information content (AvgIpc) is 2.45. The zero-order valence-electron chi connectivity index (χ0n) is 13.7. The Balaban J connectivity index is 0.00000242. The summed E-state index contributed by atoms with van der Waals surface area (Å²) in [5.74, 6) is 0. The Morgan fingerprint density at radius 1 is 0.909 bits per heavy atom. The third-order valence-electron chi connectivity index (χ3n) is 4.33. The average molecular weight is 357 g/mol. The number of rotatable bonds is 4. The maximum absolute atomic E-state index is 4.13. The van der Waals surface area contributed by atoms with Crippen molar-refractivity contribution in [2.75, 3.05) is 0 Å². The van der Waals surface area contributed by atoms with Gasteiger partial charge < -0.3 is 0 Å². The molecule has 2 heteroatoms. The van der Waals surface area contributed by atoms with Crippen molar-refractivity contribution in [2.24, 2.45) is 0 Å². The molecule has 120 valence electrons. The van der Waals surface area contributed by atoms with Gasteiger partial charge in [-0.1, -0.05) is 97.9 Å². The minimum absolute atomic E-state index is 0. The first-order valence-electron chi connectivity index (χ1n) is 7.49. The molecule has 22 heavy (non-hydrogen) atoms. The van der Waals surface area contributed by atoms with Gasteiger partial charge in [0.15, 0.2) is 0 Å². The monoisotopic (exact) mass is 356 g/mol. The van der Waals surface area contributed by atoms with E-state index in [0.29, 0.717) is 0 Å². The number of hydrogen-bond donors (Lipinski definition) is 0. The van der Waals surface area contributed by atoms with E-state index in [2.05, 4.69) is 94.9 Å². The molecule has 0 N–H and O–H groups in total. The maximum atomic E-state index is 4.13. The minimum Gasteiger partial charge on any atom is -0.242 e. The molecule has 0 nitrogen and oxygen atoms in total. The van der Waals surface area contributed by atoms with Gasteiger partial charge in [-0.05, 0) is 5.04 Å². The molecule has 0 aliphatic heterocycles. The van der Waals surface area contributed by atoms with Crippen molar-refractivity contribution < 1.29 is 17.1 Å². The van der Waals surface area contributed by atoms with Crippen LogP contribution in [-0.4, -0.2) is 8.07 Å². The topological polar surface area (TPSA) is 0 Å². The van der Waals surface area contributed by atoms with Crippen LogP contribution < -0.4 is 10.4 Å².